The standard InChI is InChI=1S/C12H18N4O/c1-3-13-10-7-14-9(6-15-10)11(17)16-8-12(2)4-5-12/h6-7H,3-5,8H2,1-2H3,(H,13,15)(H,16,17). The van der Waals surface area contributed by atoms with Crippen molar-refractivity contribution in [3.05, 3.63) is 18.1 Å². The van der Waals surface area contributed by atoms with Gasteiger partial charge < -0.3 is 10.6 Å². The molecule has 1 heterocycles. The number of rotatable bonds is 5. The van der Waals surface area contributed by atoms with Crippen molar-refractivity contribution in [2.75, 3.05) is 18.4 Å². The summed E-state index contributed by atoms with van der Waals surface area (Å²) >= 11 is 0. The molecule has 1 aliphatic rings. The van der Waals surface area contributed by atoms with Crippen molar-refractivity contribution in [2.45, 2.75) is 26.7 Å². The van der Waals surface area contributed by atoms with Gasteiger partial charge in [-0.1, -0.05) is 6.92 Å². The van der Waals surface area contributed by atoms with Crippen LogP contribution in [0.4, 0.5) is 5.82 Å². The lowest BCUT2D eigenvalue weighted by atomic mass is 10.1. The first-order valence-corrected chi connectivity index (χ1v) is 5.97. The second-order valence-electron chi connectivity index (χ2n) is 4.81. The highest BCUT2D eigenvalue weighted by molar-refractivity contribution is 5.92. The number of anilines is 1. The predicted octanol–water partition coefficient (Wildman–Crippen LogP) is 1.44. The minimum atomic E-state index is -0.145. The van der Waals surface area contributed by atoms with E-state index < -0.39 is 0 Å². The maximum absolute atomic E-state index is 11.8. The Morgan fingerprint density at radius 3 is 2.71 bits per heavy atom. The van der Waals surface area contributed by atoms with Crippen molar-refractivity contribution >= 4 is 11.7 Å². The second-order valence-corrected chi connectivity index (χ2v) is 4.81. The van der Waals surface area contributed by atoms with Gasteiger partial charge in [0, 0.05) is 13.1 Å². The minimum Gasteiger partial charge on any atom is -0.369 e. The first-order valence-electron chi connectivity index (χ1n) is 5.97. The first kappa shape index (κ1) is 11.8. The molecule has 1 aromatic rings. The molecule has 1 aliphatic carbocycles. The molecule has 0 unspecified atom stereocenters. The average molecular weight is 234 g/mol. The van der Waals surface area contributed by atoms with Crippen molar-refractivity contribution in [1.82, 2.24) is 15.3 Å². The molecule has 1 fully saturated rings. The molecule has 0 atom stereocenters. The van der Waals surface area contributed by atoms with Gasteiger partial charge >= 0.3 is 0 Å². The molecule has 0 saturated heterocycles. The number of amides is 1. The van der Waals surface area contributed by atoms with Crippen LogP contribution >= 0.6 is 0 Å². The molecule has 0 aromatic carbocycles. The maximum atomic E-state index is 11.8. The van der Waals surface area contributed by atoms with Crippen molar-refractivity contribution in [2.24, 2.45) is 5.41 Å². The lowest BCUT2D eigenvalue weighted by Gasteiger charge is -2.09. The summed E-state index contributed by atoms with van der Waals surface area (Å²) in [6, 6.07) is 0. The lowest BCUT2D eigenvalue weighted by Crippen LogP contribution is -2.29. The van der Waals surface area contributed by atoms with Crippen molar-refractivity contribution in [3.8, 4) is 0 Å². The normalized spacial score (nSPS) is 16.4. The van der Waals surface area contributed by atoms with Crippen LogP contribution in [0.1, 0.15) is 37.2 Å². The highest BCUT2D eigenvalue weighted by atomic mass is 16.1. The quantitative estimate of drug-likeness (QED) is 0.809. The summed E-state index contributed by atoms with van der Waals surface area (Å²) in [4.78, 5) is 20.0. The Morgan fingerprint density at radius 1 is 1.41 bits per heavy atom. The average Bonchev–Trinajstić information content (AvgIpc) is 3.06. The predicted molar refractivity (Wildman–Crippen MR) is 65.9 cm³/mol. The van der Waals surface area contributed by atoms with Crippen LogP contribution in [0.5, 0.6) is 0 Å². The van der Waals surface area contributed by atoms with Gasteiger partial charge in [-0.05, 0) is 25.2 Å². The van der Waals surface area contributed by atoms with E-state index in [2.05, 4.69) is 27.5 Å². The van der Waals surface area contributed by atoms with Crippen molar-refractivity contribution < 1.29 is 4.79 Å². The smallest absolute Gasteiger partial charge is 0.271 e. The Balaban J connectivity index is 1.89. The van der Waals surface area contributed by atoms with Crippen LogP contribution in [0, 0.1) is 5.41 Å². The number of hydrogen-bond donors (Lipinski definition) is 2. The van der Waals surface area contributed by atoms with Crippen LogP contribution in [-0.2, 0) is 0 Å². The van der Waals surface area contributed by atoms with Gasteiger partial charge in [0.1, 0.15) is 11.5 Å². The van der Waals surface area contributed by atoms with Gasteiger partial charge in [-0.2, -0.15) is 0 Å². The molecule has 0 aliphatic heterocycles. The molecular weight excluding hydrogens is 216 g/mol. The van der Waals surface area contributed by atoms with E-state index in [-0.39, 0.29) is 5.91 Å². The number of carbonyl (C=O) groups is 1. The molecule has 2 N–H and O–H groups in total. The Hall–Kier alpha value is -1.65. The van der Waals surface area contributed by atoms with E-state index in [4.69, 9.17) is 0 Å². The van der Waals surface area contributed by atoms with Gasteiger partial charge in [0.25, 0.3) is 5.91 Å². The third-order valence-electron chi connectivity index (χ3n) is 3.02. The topological polar surface area (TPSA) is 66.9 Å². The molecule has 5 nitrogen and oxygen atoms in total. The van der Waals surface area contributed by atoms with Crippen LogP contribution in [0.3, 0.4) is 0 Å². The summed E-state index contributed by atoms with van der Waals surface area (Å²) in [5, 5.41) is 5.93. The number of hydrogen-bond acceptors (Lipinski definition) is 4. The fraction of sp³-hybridized carbons (Fsp3) is 0.583. The SMILES string of the molecule is CCNc1cnc(C(=O)NCC2(C)CC2)cn1. The number of aromatic nitrogens is 2. The molecule has 5 heteroatoms. The molecule has 92 valence electrons. The second kappa shape index (κ2) is 4.69. The summed E-state index contributed by atoms with van der Waals surface area (Å²) in [6.07, 6.45) is 5.47. The minimum absolute atomic E-state index is 0.145. The lowest BCUT2D eigenvalue weighted by molar-refractivity contribution is 0.0941. The van der Waals surface area contributed by atoms with E-state index in [9.17, 15) is 4.79 Å². The van der Waals surface area contributed by atoms with Gasteiger partial charge in [0.2, 0.25) is 0 Å². The number of carbonyl (C=O) groups excluding carboxylic acids is 1. The first-order chi connectivity index (χ1) is 8.13. The van der Waals surface area contributed by atoms with E-state index >= 15 is 0 Å². The summed E-state index contributed by atoms with van der Waals surface area (Å²) in [7, 11) is 0. The zero-order valence-electron chi connectivity index (χ0n) is 10.3. The zero-order chi connectivity index (χ0) is 12.3. The largest absolute Gasteiger partial charge is 0.369 e. The zero-order valence-corrected chi connectivity index (χ0v) is 10.3. The van der Waals surface area contributed by atoms with E-state index in [1.807, 2.05) is 6.92 Å². The molecule has 1 amide bonds. The Labute approximate surface area is 101 Å². The van der Waals surface area contributed by atoms with Crippen LogP contribution in [0.25, 0.3) is 0 Å². The van der Waals surface area contributed by atoms with Gasteiger partial charge in [-0.15, -0.1) is 0 Å². The van der Waals surface area contributed by atoms with Gasteiger partial charge in [-0.25, -0.2) is 9.97 Å². The van der Waals surface area contributed by atoms with Crippen LogP contribution < -0.4 is 10.6 Å². The molecule has 0 spiro atoms. The molecule has 0 bridgehead atoms. The number of nitrogens with one attached hydrogen (secondary N) is 2. The Morgan fingerprint density at radius 2 is 2.18 bits per heavy atom. The Kier molecular flexibility index (Phi) is 3.26. The van der Waals surface area contributed by atoms with Crippen LogP contribution in [0.2, 0.25) is 0 Å². The third kappa shape index (κ3) is 3.15. The third-order valence-corrected chi connectivity index (χ3v) is 3.02. The molecule has 1 aromatic heterocycles. The van der Waals surface area contributed by atoms with Crippen LogP contribution in [0.15, 0.2) is 12.4 Å². The van der Waals surface area contributed by atoms with E-state index in [1.165, 1.54) is 19.0 Å². The summed E-state index contributed by atoms with van der Waals surface area (Å²) < 4.78 is 0. The highest BCUT2D eigenvalue weighted by Gasteiger charge is 2.37. The fourth-order valence-corrected chi connectivity index (χ4v) is 1.49. The van der Waals surface area contributed by atoms with Gasteiger partial charge in [-0.3, -0.25) is 4.79 Å². The molecule has 1 saturated carbocycles. The Bertz CT molecular complexity index is 397. The van der Waals surface area contributed by atoms with Gasteiger partial charge in [0.05, 0.1) is 12.4 Å². The fourth-order valence-electron chi connectivity index (χ4n) is 1.49. The van der Waals surface area contributed by atoms with E-state index in [0.717, 1.165) is 13.1 Å². The number of nitrogens with zero attached hydrogens (tertiary/aromatic N) is 2. The summed E-state index contributed by atoms with van der Waals surface area (Å²) in [5.41, 5.74) is 0.684. The van der Waals surface area contributed by atoms with E-state index in [0.29, 0.717) is 16.9 Å². The molecule has 0 radical (unpaired) electrons. The monoisotopic (exact) mass is 234 g/mol. The maximum Gasteiger partial charge on any atom is 0.271 e. The summed E-state index contributed by atoms with van der Waals surface area (Å²) in [5.74, 6) is 0.548. The van der Waals surface area contributed by atoms with Crippen molar-refractivity contribution in [3.63, 3.8) is 0 Å². The summed E-state index contributed by atoms with van der Waals surface area (Å²) in [6.45, 7) is 5.67. The van der Waals surface area contributed by atoms with Gasteiger partial charge in [0.15, 0.2) is 0 Å². The molecule has 2 rings (SSSR count). The molecular formula is C12H18N4O. The van der Waals surface area contributed by atoms with E-state index in [1.54, 1.807) is 6.20 Å². The molecule has 17 heavy (non-hydrogen) atoms. The van der Waals surface area contributed by atoms with Crippen LogP contribution in [-0.4, -0.2) is 29.0 Å². The van der Waals surface area contributed by atoms with Crippen molar-refractivity contribution in [1.29, 1.82) is 0 Å². The highest BCUT2D eigenvalue weighted by Crippen LogP contribution is 2.44.